The molecule has 2 heteroatoms. The summed E-state index contributed by atoms with van der Waals surface area (Å²) in [6.45, 7) is 16.4. The molecular formula is C20H32O2. The molecule has 0 amide bonds. The van der Waals surface area contributed by atoms with Crippen molar-refractivity contribution < 1.29 is 9.90 Å². The summed E-state index contributed by atoms with van der Waals surface area (Å²) >= 11 is 0. The number of allylic oxidation sites excluding steroid dienone is 3. The van der Waals surface area contributed by atoms with Gasteiger partial charge in [0.15, 0.2) is 0 Å². The van der Waals surface area contributed by atoms with Gasteiger partial charge in [-0.2, -0.15) is 0 Å². The van der Waals surface area contributed by atoms with Crippen LogP contribution in [0.25, 0.3) is 0 Å². The fraction of sp³-hybridized carbons (Fsp3) is 0.650. The van der Waals surface area contributed by atoms with Gasteiger partial charge in [-0.25, -0.2) is 0 Å². The lowest BCUT2D eigenvalue weighted by atomic mass is 9.83. The molecule has 0 aromatic heterocycles. The van der Waals surface area contributed by atoms with Gasteiger partial charge in [0.2, 0.25) is 0 Å². The topological polar surface area (TPSA) is 37.3 Å². The Morgan fingerprint density at radius 3 is 2.50 bits per heavy atom. The standard InChI is InChI=1S/C20H32O2/c1-13(2)17-9-8-16(6)19(21)10-7-15(5)11-20(22)18(12-17)14(3)4/h12-13,15,18-19,21H,3,6-11H2,1-2,4-5H3/b17-12+/t15-,18+,19-/m1/s1. The van der Waals surface area contributed by atoms with E-state index in [1.807, 2.05) is 6.92 Å². The van der Waals surface area contributed by atoms with Crippen LogP contribution in [0.4, 0.5) is 0 Å². The highest BCUT2D eigenvalue weighted by atomic mass is 16.3. The van der Waals surface area contributed by atoms with Crippen LogP contribution in [0.1, 0.15) is 59.8 Å². The van der Waals surface area contributed by atoms with E-state index in [4.69, 9.17) is 0 Å². The van der Waals surface area contributed by atoms with Crippen molar-refractivity contribution in [2.75, 3.05) is 0 Å². The van der Waals surface area contributed by atoms with E-state index in [0.29, 0.717) is 18.8 Å². The van der Waals surface area contributed by atoms with Crippen molar-refractivity contribution in [2.45, 2.75) is 65.9 Å². The number of hydrogen-bond acceptors (Lipinski definition) is 2. The largest absolute Gasteiger partial charge is 0.389 e. The fourth-order valence-corrected chi connectivity index (χ4v) is 2.98. The predicted molar refractivity (Wildman–Crippen MR) is 93.6 cm³/mol. The van der Waals surface area contributed by atoms with Crippen molar-refractivity contribution in [3.8, 4) is 0 Å². The molecule has 0 fully saturated rings. The molecule has 1 aliphatic carbocycles. The summed E-state index contributed by atoms with van der Waals surface area (Å²) < 4.78 is 0. The van der Waals surface area contributed by atoms with Crippen molar-refractivity contribution in [3.63, 3.8) is 0 Å². The van der Waals surface area contributed by atoms with Gasteiger partial charge in [-0.3, -0.25) is 4.79 Å². The third kappa shape index (κ3) is 5.57. The Hall–Kier alpha value is -1.15. The number of rotatable bonds is 2. The van der Waals surface area contributed by atoms with Crippen LogP contribution in [-0.4, -0.2) is 17.0 Å². The van der Waals surface area contributed by atoms with Gasteiger partial charge in [-0.1, -0.05) is 51.2 Å². The van der Waals surface area contributed by atoms with Crippen LogP contribution in [0.5, 0.6) is 0 Å². The second-order valence-electron chi connectivity index (χ2n) is 7.25. The van der Waals surface area contributed by atoms with Crippen LogP contribution in [0, 0.1) is 17.8 Å². The molecule has 1 aliphatic rings. The molecule has 2 nitrogen and oxygen atoms in total. The van der Waals surface area contributed by atoms with Gasteiger partial charge in [-0.15, -0.1) is 0 Å². The SMILES string of the molecule is C=C(C)[C@@H]1/C=C(/C(C)C)CCC(=C)[C@H](O)CC[C@@H](C)CC1=O. The van der Waals surface area contributed by atoms with E-state index in [1.54, 1.807) is 0 Å². The van der Waals surface area contributed by atoms with E-state index in [0.717, 1.165) is 30.4 Å². The Kier molecular flexibility index (Phi) is 7.28. The van der Waals surface area contributed by atoms with Gasteiger partial charge >= 0.3 is 0 Å². The van der Waals surface area contributed by atoms with Crippen molar-refractivity contribution >= 4 is 5.78 Å². The molecule has 1 rings (SSSR count). The van der Waals surface area contributed by atoms with E-state index in [1.165, 1.54) is 5.57 Å². The third-order valence-electron chi connectivity index (χ3n) is 4.69. The van der Waals surface area contributed by atoms with Crippen LogP contribution < -0.4 is 0 Å². The van der Waals surface area contributed by atoms with Gasteiger partial charge in [0.05, 0.1) is 12.0 Å². The minimum atomic E-state index is -0.442. The van der Waals surface area contributed by atoms with Gasteiger partial charge in [-0.05, 0) is 50.0 Å². The zero-order chi connectivity index (χ0) is 16.9. The summed E-state index contributed by atoms with van der Waals surface area (Å²) in [5, 5.41) is 10.2. The van der Waals surface area contributed by atoms with E-state index >= 15 is 0 Å². The molecule has 0 saturated carbocycles. The molecule has 0 saturated heterocycles. The Balaban J connectivity index is 3.10. The first kappa shape index (κ1) is 18.9. The molecule has 0 spiro atoms. The smallest absolute Gasteiger partial charge is 0.144 e. The summed E-state index contributed by atoms with van der Waals surface area (Å²) in [5.41, 5.74) is 3.10. The molecule has 0 unspecified atom stereocenters. The minimum absolute atomic E-state index is 0.169. The maximum absolute atomic E-state index is 12.6. The zero-order valence-corrected chi connectivity index (χ0v) is 14.7. The minimum Gasteiger partial charge on any atom is -0.389 e. The number of aliphatic hydroxyl groups excluding tert-OH is 1. The van der Waals surface area contributed by atoms with Crippen LogP contribution in [0.3, 0.4) is 0 Å². The van der Waals surface area contributed by atoms with Gasteiger partial charge in [0.25, 0.3) is 0 Å². The highest BCUT2D eigenvalue weighted by Crippen LogP contribution is 2.28. The average Bonchev–Trinajstić information content (AvgIpc) is 2.42. The third-order valence-corrected chi connectivity index (χ3v) is 4.69. The van der Waals surface area contributed by atoms with Gasteiger partial charge in [0.1, 0.15) is 5.78 Å². The summed E-state index contributed by atoms with van der Waals surface area (Å²) in [4.78, 5) is 12.6. The van der Waals surface area contributed by atoms with Crippen molar-refractivity contribution in [1.82, 2.24) is 0 Å². The monoisotopic (exact) mass is 304 g/mol. The number of carbonyl (C=O) groups excluding carboxylic acids is 1. The lowest BCUT2D eigenvalue weighted by molar-refractivity contribution is -0.121. The number of carbonyl (C=O) groups is 1. The summed E-state index contributed by atoms with van der Waals surface area (Å²) in [5.74, 6) is 0.761. The predicted octanol–water partition coefficient (Wildman–Crippen LogP) is 4.85. The van der Waals surface area contributed by atoms with Gasteiger partial charge in [0, 0.05) is 6.42 Å². The molecule has 0 aliphatic heterocycles. The Bertz CT molecular complexity index is 456. The highest BCUT2D eigenvalue weighted by Gasteiger charge is 2.22. The first-order chi connectivity index (χ1) is 10.2. The lowest BCUT2D eigenvalue weighted by Gasteiger charge is -2.23. The molecule has 0 aromatic rings. The Morgan fingerprint density at radius 2 is 1.95 bits per heavy atom. The number of ketones is 1. The number of Topliss-reactive ketones (excluding diaryl/α,β-unsaturated/α-hetero) is 1. The molecule has 1 N–H and O–H groups in total. The molecule has 0 aromatic carbocycles. The van der Waals surface area contributed by atoms with Crippen molar-refractivity contribution in [1.29, 1.82) is 0 Å². The summed E-state index contributed by atoms with van der Waals surface area (Å²) in [7, 11) is 0. The Morgan fingerprint density at radius 1 is 1.32 bits per heavy atom. The lowest BCUT2D eigenvalue weighted by Crippen LogP contribution is -2.20. The van der Waals surface area contributed by atoms with Crippen LogP contribution in [0.15, 0.2) is 36.0 Å². The van der Waals surface area contributed by atoms with Gasteiger partial charge < -0.3 is 5.11 Å². The first-order valence-corrected chi connectivity index (χ1v) is 8.46. The molecule has 0 radical (unpaired) electrons. The number of hydrogen-bond donors (Lipinski definition) is 1. The summed E-state index contributed by atoms with van der Waals surface area (Å²) in [6.07, 6.45) is 5.43. The highest BCUT2D eigenvalue weighted by molar-refractivity contribution is 5.85. The quantitative estimate of drug-likeness (QED) is 0.741. The molecule has 0 heterocycles. The fourth-order valence-electron chi connectivity index (χ4n) is 2.98. The summed E-state index contributed by atoms with van der Waals surface area (Å²) in [6, 6.07) is 0. The average molecular weight is 304 g/mol. The molecule has 0 bridgehead atoms. The van der Waals surface area contributed by atoms with Crippen LogP contribution in [0.2, 0.25) is 0 Å². The molecule has 3 atom stereocenters. The second-order valence-corrected chi connectivity index (χ2v) is 7.25. The van der Waals surface area contributed by atoms with E-state index in [9.17, 15) is 9.90 Å². The van der Waals surface area contributed by atoms with E-state index in [-0.39, 0.29) is 17.6 Å². The molecule has 22 heavy (non-hydrogen) atoms. The number of aliphatic hydroxyl groups is 1. The Labute approximate surface area is 136 Å². The maximum Gasteiger partial charge on any atom is 0.144 e. The van der Waals surface area contributed by atoms with E-state index < -0.39 is 6.10 Å². The van der Waals surface area contributed by atoms with Crippen molar-refractivity contribution in [3.05, 3.63) is 36.0 Å². The van der Waals surface area contributed by atoms with Crippen LogP contribution in [-0.2, 0) is 4.79 Å². The molecule has 124 valence electrons. The van der Waals surface area contributed by atoms with E-state index in [2.05, 4.69) is 40.0 Å². The first-order valence-electron chi connectivity index (χ1n) is 8.46. The zero-order valence-electron chi connectivity index (χ0n) is 14.7. The molecular weight excluding hydrogens is 272 g/mol. The van der Waals surface area contributed by atoms with Crippen molar-refractivity contribution in [2.24, 2.45) is 17.8 Å². The maximum atomic E-state index is 12.6. The normalized spacial score (nSPS) is 31.2. The van der Waals surface area contributed by atoms with Crippen LogP contribution >= 0.6 is 0 Å². The second kappa shape index (κ2) is 8.47.